The Morgan fingerprint density at radius 1 is 1.17 bits per heavy atom. The highest BCUT2D eigenvalue weighted by atomic mass is 16.5. The van der Waals surface area contributed by atoms with Crippen molar-refractivity contribution in [3.8, 4) is 0 Å². The molecule has 1 fully saturated rings. The highest BCUT2D eigenvalue weighted by molar-refractivity contribution is 6.11. The normalized spacial score (nSPS) is 19.8. The van der Waals surface area contributed by atoms with Gasteiger partial charge in [0.15, 0.2) is 0 Å². The van der Waals surface area contributed by atoms with Gasteiger partial charge < -0.3 is 15.4 Å². The summed E-state index contributed by atoms with van der Waals surface area (Å²) >= 11 is 0. The van der Waals surface area contributed by atoms with E-state index in [2.05, 4.69) is 15.4 Å². The number of aryl methyl sites for hydroxylation is 1. The Morgan fingerprint density at radius 2 is 1.97 bits per heavy atom. The lowest BCUT2D eigenvalue weighted by Crippen LogP contribution is -2.43. The van der Waals surface area contributed by atoms with E-state index < -0.39 is 35.9 Å². The van der Waals surface area contributed by atoms with E-state index in [-0.39, 0.29) is 5.56 Å². The SMILES string of the molecule is COC(=O)c1cccc(NC(=O)CN2C(=O)NC3(CCc4ccccc43)C2=O)c1. The molecule has 1 heterocycles. The second kappa shape index (κ2) is 7.05. The van der Waals surface area contributed by atoms with Crippen LogP contribution in [-0.2, 0) is 26.3 Å². The van der Waals surface area contributed by atoms with Crippen molar-refractivity contribution in [2.75, 3.05) is 19.0 Å². The zero-order valence-electron chi connectivity index (χ0n) is 15.7. The molecule has 4 rings (SSSR count). The van der Waals surface area contributed by atoms with Gasteiger partial charge in [0.25, 0.3) is 5.91 Å². The summed E-state index contributed by atoms with van der Waals surface area (Å²) in [6.07, 6.45) is 1.15. The lowest BCUT2D eigenvalue weighted by Gasteiger charge is -2.22. The Kier molecular flexibility index (Phi) is 4.54. The number of amides is 4. The topological polar surface area (TPSA) is 105 Å². The molecule has 2 aromatic rings. The van der Waals surface area contributed by atoms with E-state index in [0.29, 0.717) is 18.5 Å². The molecule has 2 aliphatic rings. The smallest absolute Gasteiger partial charge is 0.337 e. The summed E-state index contributed by atoms with van der Waals surface area (Å²) < 4.78 is 4.66. The quantitative estimate of drug-likeness (QED) is 0.609. The summed E-state index contributed by atoms with van der Waals surface area (Å²) in [6.45, 7) is -0.420. The van der Waals surface area contributed by atoms with Gasteiger partial charge in [-0.1, -0.05) is 30.3 Å². The average molecular weight is 393 g/mol. The number of imide groups is 1. The van der Waals surface area contributed by atoms with Gasteiger partial charge in [-0.15, -0.1) is 0 Å². The van der Waals surface area contributed by atoms with Crippen molar-refractivity contribution >= 4 is 29.5 Å². The molecule has 148 valence electrons. The summed E-state index contributed by atoms with van der Waals surface area (Å²) in [5.74, 6) is -1.50. The fraction of sp³-hybridized carbons (Fsp3) is 0.238. The first-order chi connectivity index (χ1) is 13.9. The van der Waals surface area contributed by atoms with E-state index in [9.17, 15) is 19.2 Å². The standard InChI is InChI=1S/C21H19N3O5/c1-29-18(26)14-6-4-7-15(11-14)22-17(25)12-24-19(27)21(23-20(24)28)10-9-13-5-2-3-8-16(13)21/h2-8,11H,9-10,12H2,1H3,(H,22,25)(H,23,28). The first kappa shape index (κ1) is 18.7. The first-order valence-corrected chi connectivity index (χ1v) is 9.15. The van der Waals surface area contributed by atoms with Crippen LogP contribution in [-0.4, -0.2) is 42.4 Å². The molecule has 1 aliphatic heterocycles. The molecule has 4 amide bonds. The van der Waals surface area contributed by atoms with Crippen LogP contribution in [0.2, 0.25) is 0 Å². The van der Waals surface area contributed by atoms with Crippen molar-refractivity contribution in [3.05, 3.63) is 65.2 Å². The predicted molar refractivity (Wildman–Crippen MR) is 103 cm³/mol. The van der Waals surface area contributed by atoms with Crippen molar-refractivity contribution in [1.82, 2.24) is 10.2 Å². The number of esters is 1. The summed E-state index contributed by atoms with van der Waals surface area (Å²) in [6, 6.07) is 13.1. The van der Waals surface area contributed by atoms with E-state index in [1.54, 1.807) is 18.2 Å². The lowest BCUT2D eigenvalue weighted by atomic mass is 9.92. The van der Waals surface area contributed by atoms with Gasteiger partial charge >= 0.3 is 12.0 Å². The number of fused-ring (bicyclic) bond motifs is 2. The van der Waals surface area contributed by atoms with Gasteiger partial charge in [0.1, 0.15) is 12.1 Å². The number of hydrogen-bond acceptors (Lipinski definition) is 5. The number of carbonyl (C=O) groups excluding carboxylic acids is 4. The van der Waals surface area contributed by atoms with Crippen LogP contribution in [0.1, 0.15) is 27.9 Å². The fourth-order valence-electron chi connectivity index (χ4n) is 3.92. The number of urea groups is 1. The maximum atomic E-state index is 13.1. The summed E-state index contributed by atoms with van der Waals surface area (Å²) in [7, 11) is 1.27. The van der Waals surface area contributed by atoms with Crippen molar-refractivity contribution in [2.24, 2.45) is 0 Å². The molecule has 1 aliphatic carbocycles. The van der Waals surface area contributed by atoms with E-state index in [1.165, 1.54) is 13.2 Å². The Morgan fingerprint density at radius 3 is 2.76 bits per heavy atom. The number of carbonyl (C=O) groups is 4. The molecular formula is C21H19N3O5. The van der Waals surface area contributed by atoms with Gasteiger partial charge in [-0.05, 0) is 42.2 Å². The van der Waals surface area contributed by atoms with Crippen molar-refractivity contribution in [3.63, 3.8) is 0 Å². The van der Waals surface area contributed by atoms with Gasteiger partial charge in [-0.2, -0.15) is 0 Å². The van der Waals surface area contributed by atoms with Crippen LogP contribution in [0.15, 0.2) is 48.5 Å². The van der Waals surface area contributed by atoms with E-state index >= 15 is 0 Å². The maximum Gasteiger partial charge on any atom is 0.337 e. The van der Waals surface area contributed by atoms with E-state index in [0.717, 1.165) is 16.0 Å². The molecule has 1 unspecified atom stereocenters. The predicted octanol–water partition coefficient (Wildman–Crippen LogP) is 1.81. The molecule has 0 bridgehead atoms. The highest BCUT2D eigenvalue weighted by Gasteiger charge is 2.55. The summed E-state index contributed by atoms with van der Waals surface area (Å²) in [5.41, 5.74) is 1.35. The Labute approximate surface area is 166 Å². The zero-order chi connectivity index (χ0) is 20.6. The summed E-state index contributed by atoms with van der Waals surface area (Å²) in [5, 5.41) is 5.39. The van der Waals surface area contributed by atoms with Crippen LogP contribution < -0.4 is 10.6 Å². The van der Waals surface area contributed by atoms with Crippen molar-refractivity contribution in [2.45, 2.75) is 18.4 Å². The van der Waals surface area contributed by atoms with Crippen molar-refractivity contribution < 1.29 is 23.9 Å². The number of anilines is 1. The Hall–Kier alpha value is -3.68. The Bertz CT molecular complexity index is 1030. The van der Waals surface area contributed by atoms with Gasteiger partial charge in [0.2, 0.25) is 5.91 Å². The number of rotatable bonds is 4. The van der Waals surface area contributed by atoms with Crippen molar-refractivity contribution in [1.29, 1.82) is 0 Å². The van der Waals surface area contributed by atoms with Crippen LogP contribution in [0.3, 0.4) is 0 Å². The monoisotopic (exact) mass is 393 g/mol. The fourth-order valence-corrected chi connectivity index (χ4v) is 3.92. The molecule has 2 aromatic carbocycles. The zero-order valence-corrected chi connectivity index (χ0v) is 15.7. The average Bonchev–Trinajstić information content (AvgIpc) is 3.21. The second-order valence-corrected chi connectivity index (χ2v) is 7.00. The summed E-state index contributed by atoms with van der Waals surface area (Å²) in [4.78, 5) is 50.6. The molecular weight excluding hydrogens is 374 g/mol. The molecule has 1 saturated heterocycles. The van der Waals surface area contributed by atoms with Crippen LogP contribution in [0.25, 0.3) is 0 Å². The van der Waals surface area contributed by atoms with Gasteiger partial charge in [-0.3, -0.25) is 14.5 Å². The number of methoxy groups -OCH3 is 1. The first-order valence-electron chi connectivity index (χ1n) is 9.15. The number of nitrogens with zero attached hydrogens (tertiary/aromatic N) is 1. The van der Waals surface area contributed by atoms with E-state index in [1.807, 2.05) is 24.3 Å². The molecule has 0 aromatic heterocycles. The molecule has 8 nitrogen and oxygen atoms in total. The Balaban J connectivity index is 1.49. The molecule has 8 heteroatoms. The molecule has 1 spiro atoms. The minimum absolute atomic E-state index is 0.279. The number of ether oxygens (including phenoxy) is 1. The minimum Gasteiger partial charge on any atom is -0.465 e. The third kappa shape index (κ3) is 3.12. The lowest BCUT2D eigenvalue weighted by molar-refractivity contribution is -0.134. The maximum absolute atomic E-state index is 13.1. The van der Waals surface area contributed by atoms with Gasteiger partial charge in [0.05, 0.1) is 12.7 Å². The molecule has 1 atom stereocenters. The molecule has 0 radical (unpaired) electrons. The third-order valence-electron chi connectivity index (χ3n) is 5.29. The minimum atomic E-state index is -1.10. The van der Waals surface area contributed by atoms with Gasteiger partial charge in [-0.25, -0.2) is 9.59 Å². The van der Waals surface area contributed by atoms with Crippen LogP contribution in [0.4, 0.5) is 10.5 Å². The van der Waals surface area contributed by atoms with E-state index in [4.69, 9.17) is 0 Å². The number of nitrogens with one attached hydrogen (secondary N) is 2. The molecule has 2 N–H and O–H groups in total. The largest absolute Gasteiger partial charge is 0.465 e. The highest BCUT2D eigenvalue weighted by Crippen LogP contribution is 2.41. The number of hydrogen-bond donors (Lipinski definition) is 2. The molecule has 0 saturated carbocycles. The molecule has 29 heavy (non-hydrogen) atoms. The van der Waals surface area contributed by atoms with Crippen LogP contribution in [0.5, 0.6) is 0 Å². The van der Waals surface area contributed by atoms with Crippen LogP contribution in [0, 0.1) is 0 Å². The second-order valence-electron chi connectivity index (χ2n) is 7.00. The number of benzene rings is 2. The van der Waals surface area contributed by atoms with Crippen LogP contribution >= 0.6 is 0 Å². The van der Waals surface area contributed by atoms with Gasteiger partial charge in [0, 0.05) is 5.69 Å². The third-order valence-corrected chi connectivity index (χ3v) is 5.29.